The lowest BCUT2D eigenvalue weighted by Gasteiger charge is -2.10. The van der Waals surface area contributed by atoms with E-state index in [-0.39, 0.29) is 16.6 Å². The normalized spacial score (nSPS) is 11.2. The zero-order valence-electron chi connectivity index (χ0n) is 17.1. The topological polar surface area (TPSA) is 114 Å². The summed E-state index contributed by atoms with van der Waals surface area (Å²) in [6.07, 6.45) is 1.40. The molecule has 0 saturated heterocycles. The van der Waals surface area contributed by atoms with Crippen LogP contribution in [0.1, 0.15) is 22.8 Å². The van der Waals surface area contributed by atoms with Crippen LogP contribution in [-0.2, 0) is 14.9 Å². The Labute approximate surface area is 203 Å². The molecule has 0 aliphatic heterocycles. The van der Waals surface area contributed by atoms with Crippen molar-refractivity contribution in [1.29, 1.82) is 0 Å². The summed E-state index contributed by atoms with van der Waals surface area (Å²) in [5, 5.41) is 6.88. The third kappa shape index (κ3) is 6.88. The molecule has 0 fully saturated rings. The fourth-order valence-corrected chi connectivity index (χ4v) is 4.32. The van der Waals surface area contributed by atoms with Crippen LogP contribution in [0.4, 0.5) is 5.69 Å². The Bertz CT molecular complexity index is 1330. The molecule has 3 rings (SSSR count). The fraction of sp³-hybridized carbons (Fsp3) is 0.0455. The van der Waals surface area contributed by atoms with E-state index in [4.69, 9.17) is 15.8 Å². The second-order valence-corrected chi connectivity index (χ2v) is 9.48. The molecule has 0 unspecified atom stereocenters. The molecule has 0 aliphatic carbocycles. The molecule has 0 heterocycles. The molecule has 0 atom stereocenters. The zero-order chi connectivity index (χ0) is 24.0. The van der Waals surface area contributed by atoms with Crippen molar-refractivity contribution in [3.8, 4) is 5.75 Å². The summed E-state index contributed by atoms with van der Waals surface area (Å²) in [6.45, 7) is 1.35. The van der Waals surface area contributed by atoms with Gasteiger partial charge >= 0.3 is 10.1 Å². The summed E-state index contributed by atoms with van der Waals surface area (Å²) in [5.41, 5.74) is 3.80. The first-order valence-electron chi connectivity index (χ1n) is 9.35. The molecule has 2 N–H and O–H groups in total. The van der Waals surface area contributed by atoms with Crippen molar-refractivity contribution in [3.63, 3.8) is 0 Å². The van der Waals surface area contributed by atoms with E-state index < -0.39 is 16.0 Å². The number of halogens is 2. The van der Waals surface area contributed by atoms with Crippen molar-refractivity contribution in [2.24, 2.45) is 5.10 Å². The standard InChI is InChI=1S/C22H17BrClN3O5S/c1-14(28)26-18-6-8-19(9-7-18)33(30,31)32-21-10-5-15(11-20(21)23)13-25-27-22(29)16-3-2-4-17(24)12-16/h2-13H,1H3,(H,26,28)(H,27,29)/b25-13-. The Balaban J connectivity index is 1.66. The third-order valence-electron chi connectivity index (χ3n) is 4.09. The highest BCUT2D eigenvalue weighted by Gasteiger charge is 2.18. The van der Waals surface area contributed by atoms with E-state index in [9.17, 15) is 18.0 Å². The van der Waals surface area contributed by atoms with Crippen LogP contribution in [0.2, 0.25) is 5.02 Å². The lowest BCUT2D eigenvalue weighted by Crippen LogP contribution is -2.17. The Morgan fingerprint density at radius 2 is 1.79 bits per heavy atom. The quantitative estimate of drug-likeness (QED) is 0.254. The molecular formula is C22H17BrClN3O5S. The highest BCUT2D eigenvalue weighted by atomic mass is 79.9. The third-order valence-corrected chi connectivity index (χ3v) is 6.19. The van der Waals surface area contributed by atoms with Gasteiger partial charge in [0.15, 0.2) is 5.75 Å². The van der Waals surface area contributed by atoms with Crippen LogP contribution in [0.3, 0.4) is 0 Å². The maximum atomic E-state index is 12.6. The molecule has 0 saturated carbocycles. The van der Waals surface area contributed by atoms with Crippen LogP contribution in [0, 0.1) is 0 Å². The van der Waals surface area contributed by atoms with E-state index in [1.165, 1.54) is 49.5 Å². The monoisotopic (exact) mass is 549 g/mol. The predicted octanol–water partition coefficient (Wildman–Crippen LogP) is 4.59. The molecule has 33 heavy (non-hydrogen) atoms. The minimum atomic E-state index is -4.10. The zero-order valence-corrected chi connectivity index (χ0v) is 20.2. The Kier molecular flexibility index (Phi) is 7.85. The van der Waals surface area contributed by atoms with Crippen LogP contribution in [0.15, 0.2) is 81.2 Å². The summed E-state index contributed by atoms with van der Waals surface area (Å²) >= 11 is 9.14. The highest BCUT2D eigenvalue weighted by molar-refractivity contribution is 9.10. The van der Waals surface area contributed by atoms with E-state index in [0.717, 1.165) is 0 Å². The Morgan fingerprint density at radius 1 is 1.06 bits per heavy atom. The first-order chi connectivity index (χ1) is 15.6. The fourth-order valence-electron chi connectivity index (χ4n) is 2.60. The summed E-state index contributed by atoms with van der Waals surface area (Å²) in [5.74, 6) is -0.622. The van der Waals surface area contributed by atoms with Crippen molar-refractivity contribution in [3.05, 3.63) is 87.4 Å². The van der Waals surface area contributed by atoms with Crippen molar-refractivity contribution < 1.29 is 22.2 Å². The lowest BCUT2D eigenvalue weighted by atomic mass is 10.2. The van der Waals surface area contributed by atoms with Gasteiger partial charge < -0.3 is 9.50 Å². The smallest absolute Gasteiger partial charge is 0.339 e. The lowest BCUT2D eigenvalue weighted by molar-refractivity contribution is -0.114. The molecule has 0 bridgehead atoms. The van der Waals surface area contributed by atoms with E-state index in [1.54, 1.807) is 30.3 Å². The van der Waals surface area contributed by atoms with Gasteiger partial charge in [-0.3, -0.25) is 9.59 Å². The van der Waals surface area contributed by atoms with E-state index in [2.05, 4.69) is 31.8 Å². The maximum absolute atomic E-state index is 12.6. The SMILES string of the molecule is CC(=O)Nc1ccc(S(=O)(=O)Oc2ccc(/C=N\NC(=O)c3cccc(Cl)c3)cc2Br)cc1. The summed E-state index contributed by atoms with van der Waals surface area (Å²) in [6, 6.07) is 16.6. The van der Waals surface area contributed by atoms with Gasteiger partial charge in [0.1, 0.15) is 4.90 Å². The highest BCUT2D eigenvalue weighted by Crippen LogP contribution is 2.29. The number of benzene rings is 3. The molecule has 0 aromatic heterocycles. The molecule has 0 radical (unpaired) electrons. The van der Waals surface area contributed by atoms with Crippen molar-refractivity contribution in [2.45, 2.75) is 11.8 Å². The van der Waals surface area contributed by atoms with Gasteiger partial charge in [0.05, 0.1) is 10.7 Å². The number of carbonyl (C=O) groups is 2. The molecule has 3 aromatic carbocycles. The van der Waals surface area contributed by atoms with E-state index >= 15 is 0 Å². The first-order valence-corrected chi connectivity index (χ1v) is 11.9. The minimum absolute atomic E-state index is 0.0704. The summed E-state index contributed by atoms with van der Waals surface area (Å²) in [4.78, 5) is 23.1. The number of hydrogen-bond donors (Lipinski definition) is 2. The van der Waals surface area contributed by atoms with Gasteiger partial charge in [0.2, 0.25) is 5.91 Å². The Hall–Kier alpha value is -3.21. The number of hydrogen-bond acceptors (Lipinski definition) is 6. The largest absolute Gasteiger partial charge is 0.378 e. The predicted molar refractivity (Wildman–Crippen MR) is 129 cm³/mol. The molecule has 8 nitrogen and oxygen atoms in total. The van der Waals surface area contributed by atoms with Crippen LogP contribution in [0.25, 0.3) is 0 Å². The van der Waals surface area contributed by atoms with Crippen LogP contribution >= 0.6 is 27.5 Å². The van der Waals surface area contributed by atoms with Gasteiger partial charge in [-0.15, -0.1) is 0 Å². The number of hydrazone groups is 1. The molecule has 3 aromatic rings. The number of anilines is 1. The van der Waals surface area contributed by atoms with Gasteiger partial charge in [-0.05, 0) is 82.2 Å². The van der Waals surface area contributed by atoms with E-state index in [1.807, 2.05) is 0 Å². The molecule has 11 heteroatoms. The number of amides is 2. The van der Waals surface area contributed by atoms with Gasteiger partial charge in [-0.25, -0.2) is 5.43 Å². The molecule has 2 amide bonds. The number of nitrogens with zero attached hydrogens (tertiary/aromatic N) is 1. The number of rotatable bonds is 7. The average Bonchev–Trinajstić information content (AvgIpc) is 2.75. The second-order valence-electron chi connectivity index (χ2n) is 6.64. The maximum Gasteiger partial charge on any atom is 0.339 e. The number of nitrogens with one attached hydrogen (secondary N) is 2. The molecular weight excluding hydrogens is 534 g/mol. The summed E-state index contributed by atoms with van der Waals surface area (Å²) < 4.78 is 30.7. The van der Waals surface area contributed by atoms with Crippen LogP contribution < -0.4 is 14.9 Å². The minimum Gasteiger partial charge on any atom is -0.378 e. The Morgan fingerprint density at radius 3 is 2.42 bits per heavy atom. The molecule has 0 spiro atoms. The van der Waals surface area contributed by atoms with Gasteiger partial charge in [-0.2, -0.15) is 13.5 Å². The van der Waals surface area contributed by atoms with Gasteiger partial charge in [-0.1, -0.05) is 17.7 Å². The van der Waals surface area contributed by atoms with Crippen LogP contribution in [-0.4, -0.2) is 26.4 Å². The van der Waals surface area contributed by atoms with E-state index in [0.29, 0.717) is 26.3 Å². The van der Waals surface area contributed by atoms with Crippen molar-refractivity contribution in [1.82, 2.24) is 5.43 Å². The van der Waals surface area contributed by atoms with Crippen molar-refractivity contribution >= 4 is 61.4 Å². The first kappa shape index (κ1) is 24.4. The molecule has 170 valence electrons. The van der Waals surface area contributed by atoms with Crippen molar-refractivity contribution in [2.75, 3.05) is 5.32 Å². The number of carbonyl (C=O) groups excluding carboxylic acids is 2. The molecule has 0 aliphatic rings. The average molecular weight is 551 g/mol. The van der Waals surface area contributed by atoms with Crippen LogP contribution in [0.5, 0.6) is 5.75 Å². The van der Waals surface area contributed by atoms with Gasteiger partial charge in [0.25, 0.3) is 5.91 Å². The summed E-state index contributed by atoms with van der Waals surface area (Å²) in [7, 11) is -4.10. The second kappa shape index (κ2) is 10.6. The van der Waals surface area contributed by atoms with Gasteiger partial charge in [0, 0.05) is 23.2 Å².